The number of allylic oxidation sites excluding steroid dienone is 3. The number of nitriles is 2. The van der Waals surface area contributed by atoms with Crippen molar-refractivity contribution in [2.75, 3.05) is 18.0 Å². The number of rotatable bonds is 4. The Morgan fingerprint density at radius 3 is 2.21 bits per heavy atom. The Bertz CT molecular complexity index is 1020. The lowest BCUT2D eigenvalue weighted by Crippen LogP contribution is -2.26. The molecule has 0 heterocycles. The summed E-state index contributed by atoms with van der Waals surface area (Å²) in [6.07, 6.45) is 1.27. The van der Waals surface area contributed by atoms with E-state index in [4.69, 9.17) is 0 Å². The highest BCUT2D eigenvalue weighted by atomic mass is 19.3. The Hall–Kier alpha value is -3.44. The summed E-state index contributed by atoms with van der Waals surface area (Å²) in [6.45, 7) is 5.30. The van der Waals surface area contributed by atoms with Crippen LogP contribution in [0.15, 0.2) is 65.8 Å². The molecule has 0 N–H and O–H groups in total. The van der Waals surface area contributed by atoms with Crippen LogP contribution in [0, 0.1) is 22.7 Å². The standard InChI is InChI=1S/C23H19F2N3/c1-3-28(4-2)18-10-11-19-20(16-8-6-5-7-9-16)13-21(17(14-26)15-27)23(24,25)22(19)12-18/h5-13H,3-4H2,1-2H3. The van der Waals surface area contributed by atoms with Gasteiger partial charge in [-0.05, 0) is 48.8 Å². The van der Waals surface area contributed by atoms with Crippen LogP contribution >= 0.6 is 0 Å². The van der Waals surface area contributed by atoms with Gasteiger partial charge in [0.25, 0.3) is 0 Å². The lowest BCUT2D eigenvalue weighted by molar-refractivity contribution is 0.0403. The van der Waals surface area contributed by atoms with Gasteiger partial charge < -0.3 is 4.90 Å². The van der Waals surface area contributed by atoms with Gasteiger partial charge >= 0.3 is 5.92 Å². The van der Waals surface area contributed by atoms with E-state index in [9.17, 15) is 10.5 Å². The molecule has 5 heteroatoms. The molecule has 28 heavy (non-hydrogen) atoms. The van der Waals surface area contributed by atoms with Crippen LogP contribution in [-0.4, -0.2) is 13.1 Å². The monoisotopic (exact) mass is 375 g/mol. The van der Waals surface area contributed by atoms with Gasteiger partial charge in [0.05, 0.1) is 5.57 Å². The van der Waals surface area contributed by atoms with Crippen molar-refractivity contribution < 1.29 is 8.78 Å². The van der Waals surface area contributed by atoms with Crippen molar-refractivity contribution >= 4 is 11.3 Å². The smallest absolute Gasteiger partial charge is 0.301 e. The van der Waals surface area contributed by atoms with E-state index >= 15 is 8.78 Å². The SMILES string of the molecule is CCN(CC)c1ccc2c(c1)C(F)(F)C(=C(C#N)C#N)C=C2c1ccccc1. The van der Waals surface area contributed by atoms with E-state index in [0.29, 0.717) is 29.9 Å². The van der Waals surface area contributed by atoms with Crippen LogP contribution in [-0.2, 0) is 5.92 Å². The van der Waals surface area contributed by atoms with E-state index in [1.165, 1.54) is 12.1 Å². The minimum atomic E-state index is -3.43. The molecule has 2 aromatic carbocycles. The second-order valence-corrected chi connectivity index (χ2v) is 6.41. The zero-order valence-electron chi connectivity index (χ0n) is 15.7. The van der Waals surface area contributed by atoms with Gasteiger partial charge in [-0.25, -0.2) is 0 Å². The number of anilines is 1. The van der Waals surface area contributed by atoms with Crippen molar-refractivity contribution in [3.8, 4) is 12.1 Å². The molecular formula is C23H19F2N3. The average molecular weight is 375 g/mol. The fourth-order valence-corrected chi connectivity index (χ4v) is 3.50. The highest BCUT2D eigenvalue weighted by Gasteiger charge is 2.43. The lowest BCUT2D eigenvalue weighted by atomic mass is 9.80. The second kappa shape index (κ2) is 7.66. The van der Waals surface area contributed by atoms with Crippen LogP contribution in [0.5, 0.6) is 0 Å². The summed E-state index contributed by atoms with van der Waals surface area (Å²) >= 11 is 0. The first-order valence-electron chi connectivity index (χ1n) is 9.07. The Kier molecular flexibility index (Phi) is 5.29. The van der Waals surface area contributed by atoms with Crippen molar-refractivity contribution in [3.05, 3.63) is 82.4 Å². The summed E-state index contributed by atoms with van der Waals surface area (Å²) in [5.74, 6) is -3.43. The predicted molar refractivity (Wildman–Crippen MR) is 106 cm³/mol. The van der Waals surface area contributed by atoms with Crippen molar-refractivity contribution in [1.29, 1.82) is 10.5 Å². The van der Waals surface area contributed by atoms with Crippen LogP contribution < -0.4 is 4.90 Å². The van der Waals surface area contributed by atoms with E-state index in [1.807, 2.05) is 55.1 Å². The van der Waals surface area contributed by atoms with Crippen molar-refractivity contribution in [2.24, 2.45) is 0 Å². The van der Waals surface area contributed by atoms with Gasteiger partial charge in [-0.3, -0.25) is 0 Å². The first-order chi connectivity index (χ1) is 13.5. The molecule has 0 bridgehead atoms. The third-order valence-electron chi connectivity index (χ3n) is 4.96. The maximum atomic E-state index is 15.4. The van der Waals surface area contributed by atoms with Gasteiger partial charge in [0.15, 0.2) is 0 Å². The summed E-state index contributed by atoms with van der Waals surface area (Å²) < 4.78 is 30.8. The van der Waals surface area contributed by atoms with Gasteiger partial charge in [0, 0.05) is 24.3 Å². The molecule has 0 amide bonds. The molecule has 140 valence electrons. The summed E-state index contributed by atoms with van der Waals surface area (Å²) in [5.41, 5.74) is 1.11. The predicted octanol–water partition coefficient (Wildman–Crippen LogP) is 5.41. The molecule has 0 saturated heterocycles. The molecule has 2 aromatic rings. The molecule has 1 aliphatic carbocycles. The number of nitrogens with zero attached hydrogens (tertiary/aromatic N) is 3. The molecule has 0 spiro atoms. The Balaban J connectivity index is 2.34. The molecule has 0 aliphatic heterocycles. The van der Waals surface area contributed by atoms with Gasteiger partial charge in [-0.1, -0.05) is 36.4 Å². The fraction of sp³-hybridized carbons (Fsp3) is 0.217. The lowest BCUT2D eigenvalue weighted by Gasteiger charge is -2.30. The van der Waals surface area contributed by atoms with Gasteiger partial charge in [0.2, 0.25) is 0 Å². The number of fused-ring (bicyclic) bond motifs is 1. The van der Waals surface area contributed by atoms with Crippen molar-refractivity contribution in [2.45, 2.75) is 19.8 Å². The van der Waals surface area contributed by atoms with E-state index in [1.54, 1.807) is 18.2 Å². The largest absolute Gasteiger partial charge is 0.372 e. The highest BCUT2D eigenvalue weighted by Crippen LogP contribution is 2.48. The number of hydrogen-bond donors (Lipinski definition) is 0. The number of alkyl halides is 2. The van der Waals surface area contributed by atoms with Crippen molar-refractivity contribution in [1.82, 2.24) is 0 Å². The molecule has 0 radical (unpaired) electrons. The van der Waals surface area contributed by atoms with E-state index < -0.39 is 17.1 Å². The number of benzene rings is 2. The van der Waals surface area contributed by atoms with Crippen LogP contribution in [0.1, 0.15) is 30.5 Å². The molecule has 0 unspecified atom stereocenters. The van der Waals surface area contributed by atoms with Crippen LogP contribution in [0.25, 0.3) is 5.57 Å². The first kappa shape index (κ1) is 19.3. The average Bonchev–Trinajstić information content (AvgIpc) is 2.72. The van der Waals surface area contributed by atoms with Crippen LogP contribution in [0.4, 0.5) is 14.5 Å². The molecule has 1 aliphatic rings. The number of halogens is 2. The molecule has 3 rings (SSSR count). The fourth-order valence-electron chi connectivity index (χ4n) is 3.50. The molecule has 0 atom stereocenters. The molecular weight excluding hydrogens is 356 g/mol. The summed E-state index contributed by atoms with van der Waals surface area (Å²) in [4.78, 5) is 1.98. The third-order valence-corrected chi connectivity index (χ3v) is 4.96. The highest BCUT2D eigenvalue weighted by molar-refractivity contribution is 5.87. The normalized spacial score (nSPS) is 14.4. The Morgan fingerprint density at radius 2 is 1.64 bits per heavy atom. The van der Waals surface area contributed by atoms with E-state index in [-0.39, 0.29) is 5.56 Å². The van der Waals surface area contributed by atoms with E-state index in [2.05, 4.69) is 0 Å². The maximum Gasteiger partial charge on any atom is 0.301 e. The summed E-state index contributed by atoms with van der Waals surface area (Å²) in [7, 11) is 0. The van der Waals surface area contributed by atoms with Crippen LogP contribution in [0.2, 0.25) is 0 Å². The van der Waals surface area contributed by atoms with Gasteiger partial charge in [-0.15, -0.1) is 0 Å². The van der Waals surface area contributed by atoms with Crippen molar-refractivity contribution in [3.63, 3.8) is 0 Å². The second-order valence-electron chi connectivity index (χ2n) is 6.41. The van der Waals surface area contributed by atoms with Gasteiger partial charge in [-0.2, -0.15) is 19.3 Å². The Morgan fingerprint density at radius 1 is 1.00 bits per heavy atom. The Labute approximate surface area is 163 Å². The summed E-state index contributed by atoms with van der Waals surface area (Å²) in [5, 5.41) is 18.5. The topological polar surface area (TPSA) is 50.8 Å². The summed E-state index contributed by atoms with van der Waals surface area (Å²) in [6, 6.07) is 17.4. The number of hydrogen-bond acceptors (Lipinski definition) is 3. The molecule has 3 nitrogen and oxygen atoms in total. The minimum absolute atomic E-state index is 0.184. The zero-order valence-corrected chi connectivity index (χ0v) is 15.7. The third kappa shape index (κ3) is 3.17. The first-order valence-corrected chi connectivity index (χ1v) is 9.07. The molecule has 0 fully saturated rings. The minimum Gasteiger partial charge on any atom is -0.372 e. The molecule has 0 aromatic heterocycles. The maximum absolute atomic E-state index is 15.4. The zero-order chi connectivity index (χ0) is 20.3. The molecule has 0 saturated carbocycles. The van der Waals surface area contributed by atoms with Crippen LogP contribution in [0.3, 0.4) is 0 Å². The quantitative estimate of drug-likeness (QED) is 0.671. The van der Waals surface area contributed by atoms with E-state index in [0.717, 1.165) is 5.56 Å². The van der Waals surface area contributed by atoms with Gasteiger partial charge in [0.1, 0.15) is 17.7 Å².